The Bertz CT molecular complexity index is 321. The largest absolute Gasteiger partial charge is 0.373 e. The van der Waals surface area contributed by atoms with Gasteiger partial charge in [0.15, 0.2) is 0 Å². The Kier molecular flexibility index (Phi) is 4.59. The average molecular weight is 221 g/mol. The number of aromatic nitrogens is 1. The zero-order chi connectivity index (χ0) is 12.1. The highest BCUT2D eigenvalue weighted by molar-refractivity contribution is 5.47. The van der Waals surface area contributed by atoms with E-state index < -0.39 is 0 Å². The van der Waals surface area contributed by atoms with E-state index in [0.717, 1.165) is 18.2 Å². The number of hydrogen-bond donors (Lipinski definition) is 1. The van der Waals surface area contributed by atoms with Crippen molar-refractivity contribution in [1.29, 1.82) is 0 Å². The van der Waals surface area contributed by atoms with E-state index in [2.05, 4.69) is 49.0 Å². The van der Waals surface area contributed by atoms with Gasteiger partial charge in [0.25, 0.3) is 0 Å². The molecular formula is C13H23N3. The van der Waals surface area contributed by atoms with Crippen molar-refractivity contribution in [3.63, 3.8) is 0 Å². The summed E-state index contributed by atoms with van der Waals surface area (Å²) in [5, 5.41) is 3.08. The van der Waals surface area contributed by atoms with Crippen LogP contribution in [-0.4, -0.2) is 24.6 Å². The van der Waals surface area contributed by atoms with Crippen LogP contribution in [0.4, 0.5) is 11.6 Å². The lowest BCUT2D eigenvalue weighted by Crippen LogP contribution is -2.34. The first-order valence-electron chi connectivity index (χ1n) is 5.96. The summed E-state index contributed by atoms with van der Waals surface area (Å²) < 4.78 is 0. The maximum atomic E-state index is 4.58. The third-order valence-corrected chi connectivity index (χ3v) is 2.47. The molecule has 3 nitrogen and oxygen atoms in total. The van der Waals surface area contributed by atoms with Crippen molar-refractivity contribution in [3.8, 4) is 0 Å². The third-order valence-electron chi connectivity index (χ3n) is 2.47. The van der Waals surface area contributed by atoms with Crippen LogP contribution in [0.25, 0.3) is 0 Å². The molecule has 1 aromatic rings. The van der Waals surface area contributed by atoms with Crippen LogP contribution < -0.4 is 10.2 Å². The van der Waals surface area contributed by atoms with Crippen molar-refractivity contribution in [3.05, 3.63) is 18.2 Å². The van der Waals surface area contributed by atoms with Gasteiger partial charge >= 0.3 is 0 Å². The Balaban J connectivity index is 2.91. The molecule has 0 aromatic carbocycles. The predicted octanol–water partition coefficient (Wildman–Crippen LogP) is 2.99. The van der Waals surface area contributed by atoms with Crippen LogP contribution in [0.2, 0.25) is 0 Å². The Morgan fingerprint density at radius 3 is 2.44 bits per heavy atom. The molecule has 16 heavy (non-hydrogen) atoms. The summed E-state index contributed by atoms with van der Waals surface area (Å²) >= 11 is 0. The highest BCUT2D eigenvalue weighted by Crippen LogP contribution is 2.18. The van der Waals surface area contributed by atoms with E-state index in [1.165, 1.54) is 0 Å². The van der Waals surface area contributed by atoms with Crippen LogP contribution in [0.3, 0.4) is 0 Å². The average Bonchev–Trinajstić information content (AvgIpc) is 2.25. The van der Waals surface area contributed by atoms with Gasteiger partial charge < -0.3 is 10.2 Å². The number of pyridine rings is 1. The summed E-state index contributed by atoms with van der Waals surface area (Å²) in [5.74, 6) is 2.62. The standard InChI is InChI=1S/C13H23N3/c1-10(2)9-16(11(3)4)13-8-6-7-12(14-5)15-13/h6-8,10-11H,9H2,1-5H3,(H,14,15). The van der Waals surface area contributed by atoms with Crippen LogP contribution in [0.1, 0.15) is 27.7 Å². The molecule has 3 heteroatoms. The molecule has 1 aromatic heterocycles. The van der Waals surface area contributed by atoms with Gasteiger partial charge in [0.05, 0.1) is 0 Å². The van der Waals surface area contributed by atoms with Crippen LogP contribution >= 0.6 is 0 Å². The lowest BCUT2D eigenvalue weighted by atomic mass is 10.2. The second kappa shape index (κ2) is 5.73. The second-order valence-corrected chi connectivity index (χ2v) is 4.77. The molecule has 90 valence electrons. The van der Waals surface area contributed by atoms with Gasteiger partial charge in [-0.25, -0.2) is 4.98 Å². The van der Waals surface area contributed by atoms with E-state index >= 15 is 0 Å². The van der Waals surface area contributed by atoms with E-state index in [0.29, 0.717) is 12.0 Å². The molecule has 0 aliphatic heterocycles. The molecule has 1 heterocycles. The summed E-state index contributed by atoms with van der Waals surface area (Å²) in [4.78, 5) is 6.92. The Morgan fingerprint density at radius 1 is 1.25 bits per heavy atom. The lowest BCUT2D eigenvalue weighted by molar-refractivity contribution is 0.566. The van der Waals surface area contributed by atoms with Gasteiger partial charge in [-0.3, -0.25) is 0 Å². The summed E-state index contributed by atoms with van der Waals surface area (Å²) in [6.07, 6.45) is 0. The fourth-order valence-corrected chi connectivity index (χ4v) is 1.68. The SMILES string of the molecule is CNc1cccc(N(CC(C)C)C(C)C)n1. The van der Waals surface area contributed by atoms with Gasteiger partial charge in [-0.1, -0.05) is 19.9 Å². The summed E-state index contributed by atoms with van der Waals surface area (Å²) in [7, 11) is 1.90. The number of hydrogen-bond acceptors (Lipinski definition) is 3. The zero-order valence-corrected chi connectivity index (χ0v) is 11.0. The van der Waals surface area contributed by atoms with Gasteiger partial charge in [-0.05, 0) is 31.9 Å². The number of nitrogens with zero attached hydrogens (tertiary/aromatic N) is 2. The smallest absolute Gasteiger partial charge is 0.131 e. The molecule has 0 saturated heterocycles. The maximum absolute atomic E-state index is 4.58. The Morgan fingerprint density at radius 2 is 1.94 bits per heavy atom. The van der Waals surface area contributed by atoms with Crippen molar-refractivity contribution < 1.29 is 0 Å². The minimum absolute atomic E-state index is 0.474. The monoisotopic (exact) mass is 221 g/mol. The number of rotatable bonds is 5. The minimum atomic E-state index is 0.474. The van der Waals surface area contributed by atoms with Crippen molar-refractivity contribution in [2.45, 2.75) is 33.7 Å². The van der Waals surface area contributed by atoms with Crippen LogP contribution in [0.5, 0.6) is 0 Å². The van der Waals surface area contributed by atoms with E-state index in [9.17, 15) is 0 Å². The molecule has 1 rings (SSSR count). The first-order valence-corrected chi connectivity index (χ1v) is 5.96. The summed E-state index contributed by atoms with van der Waals surface area (Å²) in [6, 6.07) is 6.58. The van der Waals surface area contributed by atoms with Crippen LogP contribution in [-0.2, 0) is 0 Å². The third kappa shape index (κ3) is 3.40. The van der Waals surface area contributed by atoms with E-state index in [1.54, 1.807) is 0 Å². The van der Waals surface area contributed by atoms with Gasteiger partial charge in [-0.15, -0.1) is 0 Å². The molecule has 0 saturated carbocycles. The van der Waals surface area contributed by atoms with Crippen molar-refractivity contribution >= 4 is 11.6 Å². The van der Waals surface area contributed by atoms with E-state index in [1.807, 2.05) is 19.2 Å². The highest BCUT2D eigenvalue weighted by atomic mass is 15.2. The van der Waals surface area contributed by atoms with Crippen LogP contribution in [0.15, 0.2) is 18.2 Å². The topological polar surface area (TPSA) is 28.2 Å². The molecule has 0 atom stereocenters. The molecular weight excluding hydrogens is 198 g/mol. The van der Waals surface area contributed by atoms with Crippen molar-refractivity contribution in [2.24, 2.45) is 5.92 Å². The summed E-state index contributed by atoms with van der Waals surface area (Å²) in [5.41, 5.74) is 0. The quantitative estimate of drug-likeness (QED) is 0.828. The van der Waals surface area contributed by atoms with Gasteiger partial charge in [0.1, 0.15) is 11.6 Å². The molecule has 1 N–H and O–H groups in total. The predicted molar refractivity (Wildman–Crippen MR) is 71.1 cm³/mol. The molecule has 0 aliphatic rings. The Labute approximate surface area is 98.9 Å². The molecule has 0 fully saturated rings. The Hall–Kier alpha value is -1.25. The van der Waals surface area contributed by atoms with Gasteiger partial charge in [-0.2, -0.15) is 0 Å². The molecule has 0 bridgehead atoms. The van der Waals surface area contributed by atoms with Crippen LogP contribution in [0, 0.1) is 5.92 Å². The molecule has 0 unspecified atom stereocenters. The number of nitrogens with one attached hydrogen (secondary N) is 1. The first-order chi connectivity index (χ1) is 7.54. The highest BCUT2D eigenvalue weighted by Gasteiger charge is 2.13. The van der Waals surface area contributed by atoms with Gasteiger partial charge in [0, 0.05) is 19.6 Å². The first kappa shape index (κ1) is 12.8. The normalized spacial score (nSPS) is 10.9. The minimum Gasteiger partial charge on any atom is -0.373 e. The lowest BCUT2D eigenvalue weighted by Gasteiger charge is -2.29. The molecule has 0 radical (unpaired) electrons. The molecule has 0 aliphatic carbocycles. The van der Waals surface area contributed by atoms with Gasteiger partial charge in [0.2, 0.25) is 0 Å². The van der Waals surface area contributed by atoms with Crippen molar-refractivity contribution in [2.75, 3.05) is 23.8 Å². The molecule has 0 amide bonds. The van der Waals surface area contributed by atoms with Crippen molar-refractivity contribution in [1.82, 2.24) is 4.98 Å². The summed E-state index contributed by atoms with van der Waals surface area (Å²) in [6.45, 7) is 9.92. The molecule has 0 spiro atoms. The maximum Gasteiger partial charge on any atom is 0.131 e. The second-order valence-electron chi connectivity index (χ2n) is 4.77. The number of anilines is 2. The van der Waals surface area contributed by atoms with E-state index in [4.69, 9.17) is 0 Å². The fourth-order valence-electron chi connectivity index (χ4n) is 1.68. The zero-order valence-electron chi connectivity index (χ0n) is 11.0. The fraction of sp³-hybridized carbons (Fsp3) is 0.615. The van der Waals surface area contributed by atoms with E-state index in [-0.39, 0.29) is 0 Å².